The zero-order valence-corrected chi connectivity index (χ0v) is 10.7. The van der Waals surface area contributed by atoms with Crippen LogP contribution in [0.4, 0.5) is 0 Å². The molecular formula is C18H19-. The predicted octanol–water partition coefficient (Wildman–Crippen LogP) is 4.97. The summed E-state index contributed by atoms with van der Waals surface area (Å²) in [6.07, 6.45) is 5.11. The molecule has 0 aromatic heterocycles. The minimum Gasteiger partial charge on any atom is -0.189 e. The highest BCUT2D eigenvalue weighted by atomic mass is 14.3. The van der Waals surface area contributed by atoms with Crippen LogP contribution in [-0.2, 0) is 0 Å². The van der Waals surface area contributed by atoms with E-state index in [0.29, 0.717) is 0 Å². The van der Waals surface area contributed by atoms with E-state index in [-0.39, 0.29) is 0 Å². The number of hydrogen-bond acceptors (Lipinski definition) is 0. The Morgan fingerprint density at radius 2 is 1.28 bits per heavy atom. The molecule has 0 saturated heterocycles. The second kappa shape index (κ2) is 5.30. The van der Waals surface area contributed by atoms with E-state index in [2.05, 4.69) is 60.7 Å². The third kappa shape index (κ3) is 2.43. The molecule has 1 saturated carbocycles. The largest absolute Gasteiger partial charge is 0.189 e. The molecule has 0 heteroatoms. The summed E-state index contributed by atoms with van der Waals surface area (Å²) >= 11 is 0. The molecule has 3 rings (SSSR count). The van der Waals surface area contributed by atoms with Crippen molar-refractivity contribution in [3.63, 3.8) is 0 Å². The van der Waals surface area contributed by atoms with Crippen molar-refractivity contribution in [1.82, 2.24) is 0 Å². The van der Waals surface area contributed by atoms with Crippen LogP contribution in [-0.4, -0.2) is 0 Å². The van der Waals surface area contributed by atoms with Crippen molar-refractivity contribution in [3.8, 4) is 0 Å². The molecule has 18 heavy (non-hydrogen) atoms. The van der Waals surface area contributed by atoms with Crippen LogP contribution >= 0.6 is 0 Å². The maximum atomic E-state index is 2.28. The first-order valence-corrected chi connectivity index (χ1v) is 6.88. The Hall–Kier alpha value is -1.69. The molecule has 0 bridgehead atoms. The first-order valence-electron chi connectivity index (χ1n) is 6.88. The molecule has 0 spiro atoms. The van der Waals surface area contributed by atoms with E-state index in [0.717, 1.165) is 5.92 Å². The predicted molar refractivity (Wildman–Crippen MR) is 76.4 cm³/mol. The lowest BCUT2D eigenvalue weighted by Crippen LogP contribution is -2.12. The first-order chi connectivity index (χ1) is 8.93. The summed E-state index contributed by atoms with van der Waals surface area (Å²) in [5, 5.41) is 0. The molecule has 0 aliphatic heterocycles. The van der Waals surface area contributed by atoms with Gasteiger partial charge >= 0.3 is 0 Å². The minimum absolute atomic E-state index is 0.763. The van der Waals surface area contributed by atoms with Crippen molar-refractivity contribution in [2.75, 3.05) is 0 Å². The van der Waals surface area contributed by atoms with Crippen molar-refractivity contribution in [3.05, 3.63) is 77.7 Å². The van der Waals surface area contributed by atoms with Gasteiger partial charge in [0.1, 0.15) is 0 Å². The van der Waals surface area contributed by atoms with Crippen molar-refractivity contribution in [1.29, 1.82) is 0 Å². The zero-order valence-electron chi connectivity index (χ0n) is 10.7. The second-order valence-electron chi connectivity index (χ2n) is 5.15. The second-order valence-corrected chi connectivity index (χ2v) is 5.15. The summed E-state index contributed by atoms with van der Waals surface area (Å²) in [4.78, 5) is 0. The summed E-state index contributed by atoms with van der Waals surface area (Å²) in [5.74, 6) is 2.40. The monoisotopic (exact) mass is 235 g/mol. The van der Waals surface area contributed by atoms with Crippen molar-refractivity contribution < 1.29 is 0 Å². The van der Waals surface area contributed by atoms with Crippen molar-refractivity contribution in [2.24, 2.45) is 0 Å². The first kappa shape index (κ1) is 11.4. The summed E-state index contributed by atoms with van der Waals surface area (Å²) in [7, 11) is 0. The lowest BCUT2D eigenvalue weighted by molar-refractivity contribution is 0.481. The van der Waals surface area contributed by atoms with Crippen LogP contribution < -0.4 is 0 Å². The van der Waals surface area contributed by atoms with Gasteiger partial charge in [0.25, 0.3) is 0 Å². The van der Waals surface area contributed by atoms with Crippen LogP contribution in [0.5, 0.6) is 0 Å². The minimum atomic E-state index is 0.763. The molecule has 0 heterocycles. The van der Waals surface area contributed by atoms with Crippen LogP contribution in [0.3, 0.4) is 0 Å². The maximum absolute atomic E-state index is 2.28. The summed E-state index contributed by atoms with van der Waals surface area (Å²) in [6, 6.07) is 21.9. The molecule has 0 N–H and O–H groups in total. The van der Waals surface area contributed by atoms with Crippen LogP contribution in [0.2, 0.25) is 0 Å². The fraction of sp³-hybridized carbons (Fsp3) is 0.278. The molecule has 92 valence electrons. The van der Waals surface area contributed by atoms with Gasteiger partial charge in [0, 0.05) is 0 Å². The van der Waals surface area contributed by atoms with Crippen LogP contribution in [0, 0.1) is 5.92 Å². The number of benzene rings is 2. The highest BCUT2D eigenvalue weighted by Gasteiger charge is 2.18. The standard InChI is InChI=1S/C18H19/c1-3-7-15(8-4-1)17-11-13-18(14-12-17)16-9-5-2-6-10-16/h1-10,17H,11-14H2/q-1. The quantitative estimate of drug-likeness (QED) is 0.645. The van der Waals surface area contributed by atoms with E-state index in [4.69, 9.17) is 0 Å². The SMILES string of the molecule is c1ccc([C-]2CCC(c3ccccc3)CC2)cc1. The molecule has 0 nitrogen and oxygen atoms in total. The fourth-order valence-electron chi connectivity index (χ4n) is 2.99. The molecule has 1 aliphatic carbocycles. The molecule has 1 fully saturated rings. The Kier molecular flexibility index (Phi) is 3.36. The lowest BCUT2D eigenvalue weighted by Gasteiger charge is -2.34. The number of hydrogen-bond donors (Lipinski definition) is 0. The molecule has 1 aliphatic rings. The van der Waals surface area contributed by atoms with Gasteiger partial charge in [-0.1, -0.05) is 62.1 Å². The van der Waals surface area contributed by atoms with Crippen molar-refractivity contribution >= 4 is 0 Å². The third-order valence-electron chi connectivity index (χ3n) is 4.04. The van der Waals surface area contributed by atoms with Gasteiger partial charge in [-0.25, -0.2) is 0 Å². The average Bonchev–Trinajstić information content (AvgIpc) is 2.49. The third-order valence-corrected chi connectivity index (χ3v) is 4.04. The van der Waals surface area contributed by atoms with Crippen LogP contribution in [0.1, 0.15) is 42.7 Å². The maximum Gasteiger partial charge on any atom is -0.0175 e. The topological polar surface area (TPSA) is 0 Å². The average molecular weight is 235 g/mol. The van der Waals surface area contributed by atoms with E-state index >= 15 is 0 Å². The van der Waals surface area contributed by atoms with E-state index in [1.807, 2.05) is 0 Å². The Morgan fingerprint density at radius 1 is 0.722 bits per heavy atom. The van der Waals surface area contributed by atoms with Gasteiger partial charge in [-0.05, 0) is 11.5 Å². The molecule has 2 aromatic carbocycles. The highest BCUT2D eigenvalue weighted by Crippen LogP contribution is 2.39. The summed E-state index contributed by atoms with van der Waals surface area (Å²) < 4.78 is 0. The zero-order chi connectivity index (χ0) is 12.2. The van der Waals surface area contributed by atoms with Crippen LogP contribution in [0.25, 0.3) is 0 Å². The van der Waals surface area contributed by atoms with E-state index < -0.39 is 0 Å². The highest BCUT2D eigenvalue weighted by molar-refractivity contribution is 5.32. The Morgan fingerprint density at radius 3 is 1.89 bits per heavy atom. The smallest absolute Gasteiger partial charge is 0.0175 e. The van der Waals surface area contributed by atoms with Gasteiger partial charge in [-0.15, -0.1) is 12.1 Å². The van der Waals surface area contributed by atoms with E-state index in [9.17, 15) is 0 Å². The summed E-state index contributed by atoms with van der Waals surface area (Å²) in [6.45, 7) is 0. The van der Waals surface area contributed by atoms with Gasteiger partial charge in [-0.2, -0.15) is 23.6 Å². The van der Waals surface area contributed by atoms with Gasteiger partial charge in [0.15, 0.2) is 0 Å². The van der Waals surface area contributed by atoms with Gasteiger partial charge in [0.2, 0.25) is 0 Å². The molecule has 0 atom stereocenters. The Balaban J connectivity index is 1.65. The van der Waals surface area contributed by atoms with Crippen LogP contribution in [0.15, 0.2) is 60.7 Å². The summed E-state index contributed by atoms with van der Waals surface area (Å²) in [5.41, 5.74) is 2.97. The molecule has 0 amide bonds. The van der Waals surface area contributed by atoms with Gasteiger partial charge in [-0.3, -0.25) is 0 Å². The van der Waals surface area contributed by atoms with Crippen molar-refractivity contribution in [2.45, 2.75) is 31.6 Å². The van der Waals surface area contributed by atoms with Gasteiger partial charge in [0.05, 0.1) is 0 Å². The van der Waals surface area contributed by atoms with E-state index in [1.54, 1.807) is 5.92 Å². The normalized spacial score (nSPS) is 16.8. The fourth-order valence-corrected chi connectivity index (χ4v) is 2.99. The van der Waals surface area contributed by atoms with E-state index in [1.165, 1.54) is 36.8 Å². The molecule has 0 unspecified atom stereocenters. The molecule has 0 radical (unpaired) electrons. The Bertz CT molecular complexity index is 416. The lowest BCUT2D eigenvalue weighted by atomic mass is 9.76. The molecular weight excluding hydrogens is 216 g/mol. The number of rotatable bonds is 2. The Labute approximate surface area is 110 Å². The molecule has 2 aromatic rings. The van der Waals surface area contributed by atoms with Gasteiger partial charge < -0.3 is 0 Å².